The van der Waals surface area contributed by atoms with Gasteiger partial charge in [0, 0.05) is 53.5 Å². The standard InChI is InChI=1S/C26H28N6O3S.C21H19N5O3S/c1-2-20(33)28-21-24(36-25(29-21)31-11-4-3-5-12-31)30-22(34)17-8-7-16-13-19-23(35)27-15-26(9-6-10-26)32(19)18(16)14-17;1-2-17(27)23-16-10-30-20(24-16)25-18(28)13-5-4-12-8-15-19(29)22-11-21(6-3-7-21)26(15)14(12)9-13/h2,7-8,13-14H,1,3-6,9-12,15H2,(H,27,35)(H,28,33)(H,30,34);2,4-5,8-10H,1,3,6-7,11H2,(H,22,29)(H,23,27)(H,24,25,28). The Bertz CT molecular complexity index is 3020. The number of anilines is 5. The zero-order chi connectivity index (χ0) is 45.7. The first-order chi connectivity index (χ1) is 32.0. The van der Waals surface area contributed by atoms with Gasteiger partial charge in [0.25, 0.3) is 23.6 Å². The molecule has 0 radical (unpaired) electrons. The van der Waals surface area contributed by atoms with E-state index in [2.05, 4.69) is 69.1 Å². The number of aromatic nitrogens is 4. The summed E-state index contributed by atoms with van der Waals surface area (Å²) in [6, 6.07) is 14.8. The summed E-state index contributed by atoms with van der Waals surface area (Å²) in [5.41, 5.74) is 3.86. The molecule has 2 aliphatic carbocycles. The molecule has 5 aliphatic rings. The van der Waals surface area contributed by atoms with Crippen LogP contribution in [0.3, 0.4) is 0 Å². The molecule has 2 aromatic carbocycles. The van der Waals surface area contributed by atoms with E-state index in [9.17, 15) is 28.8 Å². The molecule has 11 rings (SSSR count). The molecule has 3 aliphatic heterocycles. The molecule has 0 unspecified atom stereocenters. The molecule has 4 aromatic heterocycles. The van der Waals surface area contributed by atoms with E-state index in [4.69, 9.17) is 0 Å². The van der Waals surface area contributed by atoms with Crippen molar-refractivity contribution < 1.29 is 28.8 Å². The number of hydrogen-bond acceptors (Lipinski definition) is 11. The fourth-order valence-corrected chi connectivity index (χ4v) is 11.2. The minimum atomic E-state index is -0.383. The van der Waals surface area contributed by atoms with E-state index in [1.807, 2.05) is 36.4 Å². The maximum Gasteiger partial charge on any atom is 0.268 e. The monoisotopic (exact) mass is 925 g/mol. The smallest absolute Gasteiger partial charge is 0.268 e. The normalized spacial score (nSPS) is 17.5. The van der Waals surface area contributed by atoms with Crippen LogP contribution in [0.5, 0.6) is 0 Å². The van der Waals surface area contributed by atoms with Gasteiger partial charge < -0.3 is 40.6 Å². The van der Waals surface area contributed by atoms with Crippen LogP contribution in [-0.2, 0) is 20.7 Å². The average molecular weight is 926 g/mol. The fourth-order valence-electron chi connectivity index (χ4n) is 9.62. The van der Waals surface area contributed by atoms with Gasteiger partial charge in [-0.25, -0.2) is 9.97 Å². The van der Waals surface area contributed by atoms with E-state index < -0.39 is 0 Å². The van der Waals surface area contributed by atoms with Crippen LogP contribution in [0.25, 0.3) is 21.8 Å². The van der Waals surface area contributed by atoms with Gasteiger partial charge in [-0.15, -0.1) is 11.3 Å². The molecule has 0 bridgehead atoms. The summed E-state index contributed by atoms with van der Waals surface area (Å²) >= 11 is 2.57. The van der Waals surface area contributed by atoms with Gasteiger partial charge in [-0.05, 0) is 106 Å². The van der Waals surface area contributed by atoms with Crippen molar-refractivity contribution in [2.75, 3.05) is 52.3 Å². The maximum absolute atomic E-state index is 13.4. The molecule has 2 spiro atoms. The van der Waals surface area contributed by atoms with Crippen LogP contribution in [0.2, 0.25) is 0 Å². The van der Waals surface area contributed by atoms with E-state index >= 15 is 0 Å². The number of thiazole rings is 2. The summed E-state index contributed by atoms with van der Waals surface area (Å²) in [7, 11) is 0. The second kappa shape index (κ2) is 17.0. The van der Waals surface area contributed by atoms with Crippen LogP contribution in [0.15, 0.2) is 79.2 Å². The van der Waals surface area contributed by atoms with Gasteiger partial charge in [0.2, 0.25) is 11.8 Å². The highest BCUT2D eigenvalue weighted by molar-refractivity contribution is 7.20. The third-order valence-electron chi connectivity index (χ3n) is 13.3. The number of nitrogens with zero attached hydrogens (tertiary/aromatic N) is 5. The van der Waals surface area contributed by atoms with Gasteiger partial charge in [-0.3, -0.25) is 34.1 Å². The van der Waals surface area contributed by atoms with Gasteiger partial charge in [0.15, 0.2) is 16.1 Å². The van der Waals surface area contributed by atoms with Crippen LogP contribution in [-0.4, -0.2) is 80.7 Å². The lowest BCUT2D eigenvalue weighted by Crippen LogP contribution is -2.55. The van der Waals surface area contributed by atoms with E-state index in [1.54, 1.807) is 17.5 Å². The topological polar surface area (TPSA) is 213 Å². The van der Waals surface area contributed by atoms with E-state index in [0.717, 1.165) is 97.5 Å². The van der Waals surface area contributed by atoms with Crippen molar-refractivity contribution in [2.24, 2.45) is 0 Å². The Hall–Kier alpha value is -7.12. The van der Waals surface area contributed by atoms with Crippen LogP contribution in [0.1, 0.15) is 99.5 Å². The van der Waals surface area contributed by atoms with Gasteiger partial charge >= 0.3 is 0 Å². The molecule has 17 nitrogen and oxygen atoms in total. The first-order valence-electron chi connectivity index (χ1n) is 22.1. The molecule has 0 atom stereocenters. The minimum absolute atomic E-state index is 0.0766. The summed E-state index contributed by atoms with van der Waals surface area (Å²) in [4.78, 5) is 85.5. The number of piperidine rings is 1. The Kier molecular flexibility index (Phi) is 11.0. The highest BCUT2D eigenvalue weighted by Gasteiger charge is 2.46. The number of rotatable bonds is 9. The molecular weight excluding hydrogens is 879 g/mol. The minimum Gasteiger partial charge on any atom is -0.348 e. The molecule has 6 amide bonds. The van der Waals surface area contributed by atoms with Crippen LogP contribution >= 0.6 is 22.7 Å². The predicted molar refractivity (Wildman–Crippen MR) is 256 cm³/mol. The largest absolute Gasteiger partial charge is 0.348 e. The first kappa shape index (κ1) is 42.8. The second-order valence-electron chi connectivity index (χ2n) is 17.4. The van der Waals surface area contributed by atoms with Gasteiger partial charge in [-0.2, -0.15) is 0 Å². The summed E-state index contributed by atoms with van der Waals surface area (Å²) in [5, 5.41) is 22.2. The van der Waals surface area contributed by atoms with Crippen molar-refractivity contribution in [1.82, 2.24) is 29.7 Å². The molecule has 19 heteroatoms. The third kappa shape index (κ3) is 7.70. The first-order valence-corrected chi connectivity index (χ1v) is 23.8. The molecule has 3 fully saturated rings. The highest BCUT2D eigenvalue weighted by atomic mass is 32.1. The lowest BCUT2D eigenvalue weighted by atomic mass is 9.75. The lowest BCUT2D eigenvalue weighted by Gasteiger charge is -2.47. The van der Waals surface area contributed by atoms with Crippen molar-refractivity contribution in [3.8, 4) is 0 Å². The average Bonchev–Trinajstić information content (AvgIpc) is 4.11. The van der Waals surface area contributed by atoms with Crippen LogP contribution in [0, 0.1) is 0 Å². The molecule has 6 N–H and O–H groups in total. The number of carbonyl (C=O) groups excluding carboxylic acids is 6. The molecule has 2 saturated carbocycles. The van der Waals surface area contributed by atoms with Crippen LogP contribution < -0.4 is 36.8 Å². The van der Waals surface area contributed by atoms with E-state index in [-0.39, 0.29) is 46.5 Å². The quantitative estimate of drug-likeness (QED) is 0.0809. The van der Waals surface area contributed by atoms with E-state index in [0.29, 0.717) is 57.4 Å². The lowest BCUT2D eigenvalue weighted by molar-refractivity contribution is -0.112. The highest BCUT2D eigenvalue weighted by Crippen LogP contribution is 2.46. The Morgan fingerprint density at radius 3 is 1.74 bits per heavy atom. The number of carbonyl (C=O) groups is 6. The molecule has 6 aromatic rings. The van der Waals surface area contributed by atoms with Crippen molar-refractivity contribution in [1.29, 1.82) is 0 Å². The molecule has 1 saturated heterocycles. The molecule has 338 valence electrons. The third-order valence-corrected chi connectivity index (χ3v) is 15.1. The van der Waals surface area contributed by atoms with Gasteiger partial charge in [0.05, 0.1) is 22.1 Å². The number of amides is 6. The maximum atomic E-state index is 13.4. The van der Waals surface area contributed by atoms with E-state index in [1.165, 1.54) is 35.2 Å². The number of hydrogen-bond donors (Lipinski definition) is 6. The van der Waals surface area contributed by atoms with Crippen molar-refractivity contribution in [2.45, 2.75) is 68.9 Å². The van der Waals surface area contributed by atoms with Gasteiger partial charge in [-0.1, -0.05) is 36.6 Å². The number of fused-ring (bicyclic) bond motifs is 8. The zero-order valence-electron chi connectivity index (χ0n) is 36.0. The summed E-state index contributed by atoms with van der Waals surface area (Å²) in [6.07, 6.45) is 12.0. The van der Waals surface area contributed by atoms with Gasteiger partial charge in [0.1, 0.15) is 22.2 Å². The Morgan fingerprint density at radius 2 is 1.21 bits per heavy atom. The number of benzene rings is 2. The Balaban J connectivity index is 0.000000158. The molecule has 7 heterocycles. The summed E-state index contributed by atoms with van der Waals surface area (Å²) < 4.78 is 4.26. The van der Waals surface area contributed by atoms with Crippen molar-refractivity contribution in [3.63, 3.8) is 0 Å². The molecule has 66 heavy (non-hydrogen) atoms. The van der Waals surface area contributed by atoms with Crippen molar-refractivity contribution in [3.05, 3.63) is 102 Å². The SMILES string of the molecule is C=CC(=O)Nc1csc(NC(=O)c2ccc3cc4n(c3c2)C2(CCC2)CNC4=O)n1.C=CC(=O)Nc1nc(N2CCCCC2)sc1NC(=O)c1ccc2cc3n(c2c1)C1(CCC1)CNC3=O. The fraction of sp³-hybridized carbons (Fsp3) is 0.319. The van der Waals surface area contributed by atoms with Crippen molar-refractivity contribution >= 4 is 107 Å². The summed E-state index contributed by atoms with van der Waals surface area (Å²) in [6.45, 7) is 9.96. The van der Waals surface area contributed by atoms with Crippen LogP contribution in [0.4, 0.5) is 26.9 Å². The number of nitrogens with one attached hydrogen (secondary N) is 6. The Morgan fingerprint density at radius 1 is 0.667 bits per heavy atom. The Labute approximate surface area is 386 Å². The predicted octanol–water partition coefficient (Wildman–Crippen LogP) is 7.18. The second-order valence-corrected chi connectivity index (χ2v) is 19.2. The zero-order valence-corrected chi connectivity index (χ0v) is 37.6. The summed E-state index contributed by atoms with van der Waals surface area (Å²) in [5.74, 6) is -0.815. The molecular formula is C47H47N11O6S2.